The zero-order valence-corrected chi connectivity index (χ0v) is 17.9. The van der Waals surface area contributed by atoms with Gasteiger partial charge in [0, 0.05) is 19.0 Å². The summed E-state index contributed by atoms with van der Waals surface area (Å²) in [4.78, 5) is 4.85. The molecule has 1 saturated carbocycles. The van der Waals surface area contributed by atoms with Crippen molar-refractivity contribution in [1.29, 1.82) is 0 Å². The molecular weight excluding hydrogens is 344 g/mol. The van der Waals surface area contributed by atoms with Gasteiger partial charge in [0.2, 0.25) is 0 Å². The van der Waals surface area contributed by atoms with E-state index in [1.807, 2.05) is 12.1 Å². The average Bonchev–Trinajstić information content (AvgIpc) is 3.21. The number of hydrogen-bond donors (Lipinski definition) is 1. The van der Waals surface area contributed by atoms with Crippen LogP contribution in [-0.2, 0) is 19.4 Å². The molecule has 0 unspecified atom stereocenters. The van der Waals surface area contributed by atoms with E-state index in [0.29, 0.717) is 23.0 Å². The summed E-state index contributed by atoms with van der Waals surface area (Å²) in [6.07, 6.45) is 10.9. The third kappa shape index (κ3) is 2.44. The summed E-state index contributed by atoms with van der Waals surface area (Å²) in [7, 11) is 0. The van der Waals surface area contributed by atoms with Crippen LogP contribution in [0.15, 0.2) is 23.8 Å². The lowest BCUT2D eigenvalue weighted by atomic mass is 9.47. The Hall–Kier alpha value is -1.77. The summed E-state index contributed by atoms with van der Waals surface area (Å²) in [6, 6.07) is 3.89. The predicted molar refractivity (Wildman–Crippen MR) is 115 cm³/mol. The Bertz CT molecular complexity index is 971. The Balaban J connectivity index is 1.63. The Morgan fingerprint density at radius 1 is 1.25 bits per heavy atom. The van der Waals surface area contributed by atoms with E-state index in [0.717, 1.165) is 24.9 Å². The zero-order chi connectivity index (χ0) is 19.7. The van der Waals surface area contributed by atoms with Gasteiger partial charge in [0.25, 0.3) is 0 Å². The molecule has 0 saturated heterocycles. The van der Waals surface area contributed by atoms with Gasteiger partial charge in [0.1, 0.15) is 11.6 Å². The van der Waals surface area contributed by atoms with Crippen molar-refractivity contribution < 1.29 is 5.11 Å². The Morgan fingerprint density at radius 3 is 2.89 bits per heavy atom. The summed E-state index contributed by atoms with van der Waals surface area (Å²) in [5, 5.41) is 10.4. The highest BCUT2D eigenvalue weighted by Gasteiger charge is 2.53. The van der Waals surface area contributed by atoms with Crippen molar-refractivity contribution in [3.8, 4) is 5.75 Å². The van der Waals surface area contributed by atoms with Gasteiger partial charge in [0.05, 0.1) is 11.0 Å². The molecule has 0 spiro atoms. The number of aromatic hydroxyl groups is 1. The van der Waals surface area contributed by atoms with Crippen LogP contribution in [0.5, 0.6) is 5.75 Å². The van der Waals surface area contributed by atoms with Crippen LogP contribution in [0.25, 0.3) is 11.0 Å². The Morgan fingerprint density at radius 2 is 2.07 bits per heavy atom. The first kappa shape index (κ1) is 18.3. The molecule has 0 amide bonds. The highest BCUT2D eigenvalue weighted by atomic mass is 16.3. The normalized spacial score (nSPS) is 34.9. The van der Waals surface area contributed by atoms with Crippen LogP contribution in [0.1, 0.15) is 71.2 Å². The molecule has 2 heterocycles. The fraction of sp³-hybridized carbons (Fsp3) is 0.640. The van der Waals surface area contributed by atoms with Crippen LogP contribution >= 0.6 is 0 Å². The third-order valence-electron chi connectivity index (χ3n) is 8.93. The number of aryl methyl sites for hydroxylation is 2. The molecule has 0 bridgehead atoms. The number of allylic oxidation sites excluding steroid dienone is 2. The molecule has 3 heteroatoms. The largest absolute Gasteiger partial charge is 0.508 e. The van der Waals surface area contributed by atoms with E-state index >= 15 is 0 Å². The van der Waals surface area contributed by atoms with E-state index < -0.39 is 0 Å². The number of fused-ring (bicyclic) bond motifs is 4. The van der Waals surface area contributed by atoms with Crippen molar-refractivity contribution >= 4 is 11.0 Å². The van der Waals surface area contributed by atoms with Crippen LogP contribution in [0.2, 0.25) is 0 Å². The fourth-order valence-electron chi connectivity index (χ4n) is 6.97. The lowest BCUT2D eigenvalue weighted by Crippen LogP contribution is -2.50. The minimum atomic E-state index is 0.243. The zero-order valence-electron chi connectivity index (χ0n) is 17.9. The van der Waals surface area contributed by atoms with Crippen LogP contribution in [-0.4, -0.2) is 14.7 Å². The molecule has 5 rings (SSSR count). The van der Waals surface area contributed by atoms with Gasteiger partial charge in [-0.2, -0.15) is 0 Å². The number of nitrogens with zero attached hydrogens (tertiary/aromatic N) is 2. The smallest absolute Gasteiger partial charge is 0.118 e. The van der Waals surface area contributed by atoms with Gasteiger partial charge in [0.15, 0.2) is 0 Å². The molecule has 0 radical (unpaired) electrons. The average molecular weight is 379 g/mol. The molecule has 1 aromatic heterocycles. The van der Waals surface area contributed by atoms with Crippen LogP contribution in [0, 0.1) is 22.7 Å². The second kappa shape index (κ2) is 6.11. The molecule has 1 fully saturated rings. The number of benzene rings is 1. The Labute approximate surface area is 168 Å². The summed E-state index contributed by atoms with van der Waals surface area (Å²) in [6.45, 7) is 10.9. The molecule has 4 atom stereocenters. The maximum Gasteiger partial charge on any atom is 0.118 e. The van der Waals surface area contributed by atoms with Gasteiger partial charge >= 0.3 is 0 Å². The number of imidazole rings is 1. The van der Waals surface area contributed by atoms with E-state index in [1.165, 1.54) is 49.0 Å². The van der Waals surface area contributed by atoms with Crippen molar-refractivity contribution in [2.45, 2.75) is 79.2 Å². The van der Waals surface area contributed by atoms with E-state index in [-0.39, 0.29) is 5.41 Å². The first-order valence-electron chi connectivity index (χ1n) is 11.2. The molecule has 150 valence electrons. The van der Waals surface area contributed by atoms with Gasteiger partial charge in [-0.3, -0.25) is 0 Å². The molecule has 28 heavy (non-hydrogen) atoms. The molecule has 2 aliphatic carbocycles. The monoisotopic (exact) mass is 378 g/mol. The third-order valence-corrected chi connectivity index (χ3v) is 8.93. The molecule has 1 aromatic carbocycles. The van der Waals surface area contributed by atoms with E-state index in [1.54, 1.807) is 5.57 Å². The minimum Gasteiger partial charge on any atom is -0.508 e. The van der Waals surface area contributed by atoms with E-state index in [2.05, 4.69) is 38.3 Å². The summed E-state index contributed by atoms with van der Waals surface area (Å²) >= 11 is 0. The van der Waals surface area contributed by atoms with Crippen LogP contribution in [0.4, 0.5) is 0 Å². The van der Waals surface area contributed by atoms with Crippen molar-refractivity contribution in [1.82, 2.24) is 9.55 Å². The van der Waals surface area contributed by atoms with E-state index in [9.17, 15) is 5.11 Å². The standard InChI is InChI=1S/C25H34N2O/c1-16-7-5-8-21-24(16,3)11-10-17(2)25(21,4)15-18-13-19(28)14-20-23(18)27-12-6-9-22(27)26-20/h7,13-14,17,21,28H,5-6,8-12,15H2,1-4H3/t17-,21+,24+,25+/m0/s1. The second-order valence-electron chi connectivity index (χ2n) is 10.3. The molecule has 1 aliphatic heterocycles. The van der Waals surface area contributed by atoms with Crippen molar-refractivity contribution in [2.75, 3.05) is 0 Å². The van der Waals surface area contributed by atoms with Gasteiger partial charge in [-0.25, -0.2) is 4.98 Å². The van der Waals surface area contributed by atoms with Crippen molar-refractivity contribution in [2.24, 2.45) is 22.7 Å². The maximum absolute atomic E-state index is 10.4. The highest BCUT2D eigenvalue weighted by Crippen LogP contribution is 2.61. The predicted octanol–water partition coefficient (Wildman–Crippen LogP) is 6.03. The number of hydrogen-bond acceptors (Lipinski definition) is 2. The van der Waals surface area contributed by atoms with E-state index in [4.69, 9.17) is 4.98 Å². The fourth-order valence-corrected chi connectivity index (χ4v) is 6.97. The van der Waals surface area contributed by atoms with Gasteiger partial charge in [-0.1, -0.05) is 32.4 Å². The van der Waals surface area contributed by atoms with Crippen molar-refractivity contribution in [3.63, 3.8) is 0 Å². The van der Waals surface area contributed by atoms with Gasteiger partial charge < -0.3 is 9.67 Å². The maximum atomic E-state index is 10.4. The first-order valence-corrected chi connectivity index (χ1v) is 11.2. The van der Waals surface area contributed by atoms with Crippen molar-refractivity contribution in [3.05, 3.63) is 35.2 Å². The summed E-state index contributed by atoms with van der Waals surface area (Å²) in [5.74, 6) is 2.96. The lowest BCUT2D eigenvalue weighted by molar-refractivity contribution is -0.0407. The van der Waals surface area contributed by atoms with Gasteiger partial charge in [-0.15, -0.1) is 0 Å². The molecular formula is C25H34N2O. The molecule has 3 aliphatic rings. The van der Waals surface area contributed by atoms with Gasteiger partial charge in [-0.05, 0) is 79.7 Å². The second-order valence-corrected chi connectivity index (χ2v) is 10.3. The first-order chi connectivity index (χ1) is 13.3. The summed E-state index contributed by atoms with van der Waals surface area (Å²) < 4.78 is 2.42. The minimum absolute atomic E-state index is 0.243. The highest BCUT2D eigenvalue weighted by molar-refractivity contribution is 5.82. The Kier molecular flexibility index (Phi) is 3.99. The summed E-state index contributed by atoms with van der Waals surface area (Å²) in [5.41, 5.74) is 5.75. The van der Waals surface area contributed by atoms with Crippen LogP contribution in [0.3, 0.4) is 0 Å². The lowest BCUT2D eigenvalue weighted by Gasteiger charge is -2.58. The molecule has 1 N–H and O–H groups in total. The number of rotatable bonds is 2. The quantitative estimate of drug-likeness (QED) is 0.648. The number of phenols is 1. The molecule has 3 nitrogen and oxygen atoms in total. The SMILES string of the molecule is CC1=CCC[C@H]2[C@](C)(Cc3cc(O)cc4nc5n(c34)CCC5)[C@@H](C)CC[C@]12C. The number of aromatic nitrogens is 2. The van der Waals surface area contributed by atoms with Crippen LogP contribution < -0.4 is 0 Å². The topological polar surface area (TPSA) is 38.1 Å². The number of phenolic OH excluding ortho intramolecular Hbond substituents is 1. The molecule has 2 aromatic rings.